The lowest BCUT2D eigenvalue weighted by atomic mass is 10.1. The van der Waals surface area contributed by atoms with Gasteiger partial charge in [0.25, 0.3) is 0 Å². The first-order valence-corrected chi connectivity index (χ1v) is 7.50. The molecule has 3 N–H and O–H groups in total. The number of hydrogen-bond acceptors (Lipinski definition) is 5. The van der Waals surface area contributed by atoms with Crippen LogP contribution in [0.1, 0.15) is 6.42 Å². The van der Waals surface area contributed by atoms with Gasteiger partial charge in [-0.15, -0.1) is 0 Å². The number of nitrogen functional groups attached to an aromatic ring is 1. The molecule has 0 radical (unpaired) electrons. The van der Waals surface area contributed by atoms with Gasteiger partial charge in [-0.25, -0.2) is 0 Å². The number of aliphatic hydroxyl groups is 1. The van der Waals surface area contributed by atoms with E-state index in [1.807, 2.05) is 18.3 Å². The Hall–Kier alpha value is -1.85. The zero-order valence-electron chi connectivity index (χ0n) is 12.2. The molecule has 0 atom stereocenters. The van der Waals surface area contributed by atoms with Crippen molar-refractivity contribution >= 4 is 22.1 Å². The van der Waals surface area contributed by atoms with E-state index < -0.39 is 0 Å². The van der Waals surface area contributed by atoms with E-state index in [2.05, 4.69) is 20.9 Å². The predicted octanol–water partition coefficient (Wildman–Crippen LogP) is 1.32. The summed E-state index contributed by atoms with van der Waals surface area (Å²) in [5.41, 5.74) is 8.07. The van der Waals surface area contributed by atoms with E-state index in [-0.39, 0.29) is 6.61 Å². The molecule has 1 saturated heterocycles. The molecule has 2 aromatic rings. The Morgan fingerprint density at radius 3 is 2.86 bits per heavy atom. The number of benzene rings is 1. The van der Waals surface area contributed by atoms with Crippen LogP contribution in [-0.4, -0.2) is 54.3 Å². The predicted molar refractivity (Wildman–Crippen MR) is 86.5 cm³/mol. The quantitative estimate of drug-likeness (QED) is 0.833. The molecule has 1 fully saturated rings. The van der Waals surface area contributed by atoms with E-state index >= 15 is 0 Å². The van der Waals surface area contributed by atoms with Crippen LogP contribution in [-0.2, 0) is 0 Å². The molecule has 0 saturated carbocycles. The summed E-state index contributed by atoms with van der Waals surface area (Å²) in [7, 11) is 0. The maximum Gasteiger partial charge on any atom is 0.0558 e. The van der Waals surface area contributed by atoms with Gasteiger partial charge in [0.15, 0.2) is 0 Å². The van der Waals surface area contributed by atoms with E-state index in [1.54, 1.807) is 6.20 Å². The van der Waals surface area contributed by atoms with Crippen molar-refractivity contribution in [3.8, 4) is 0 Å². The van der Waals surface area contributed by atoms with Crippen LogP contribution in [0.25, 0.3) is 10.8 Å². The van der Waals surface area contributed by atoms with Gasteiger partial charge >= 0.3 is 0 Å². The summed E-state index contributed by atoms with van der Waals surface area (Å²) >= 11 is 0. The molecule has 1 aromatic heterocycles. The molecule has 1 aliphatic rings. The number of β-amino-alcohol motifs (C(OH)–C–C–N with tert-alkyl or cyclic N) is 1. The number of aliphatic hydroxyl groups excluding tert-OH is 1. The minimum Gasteiger partial charge on any atom is -0.398 e. The first-order chi connectivity index (χ1) is 10.3. The van der Waals surface area contributed by atoms with Crippen molar-refractivity contribution in [2.75, 3.05) is 50.0 Å². The molecule has 3 rings (SSSR count). The molecule has 5 nitrogen and oxygen atoms in total. The minimum absolute atomic E-state index is 0.231. The molecular weight excluding hydrogens is 264 g/mol. The number of fused-ring (bicyclic) bond motifs is 1. The molecule has 0 bridgehead atoms. The fourth-order valence-electron chi connectivity index (χ4n) is 3.05. The highest BCUT2D eigenvalue weighted by molar-refractivity contribution is 6.00. The summed E-state index contributed by atoms with van der Waals surface area (Å²) in [5, 5.41) is 11.3. The van der Waals surface area contributed by atoms with Crippen molar-refractivity contribution in [1.82, 2.24) is 9.88 Å². The van der Waals surface area contributed by atoms with Crippen LogP contribution in [0.15, 0.2) is 30.6 Å². The summed E-state index contributed by atoms with van der Waals surface area (Å²) in [6.45, 7) is 5.01. The maximum atomic E-state index is 9.09. The van der Waals surface area contributed by atoms with Crippen LogP contribution >= 0.6 is 0 Å². The van der Waals surface area contributed by atoms with Crippen LogP contribution in [0.4, 0.5) is 11.4 Å². The second kappa shape index (κ2) is 6.28. The number of hydrogen-bond donors (Lipinski definition) is 2. The molecule has 2 heterocycles. The van der Waals surface area contributed by atoms with Crippen molar-refractivity contribution in [3.05, 3.63) is 30.6 Å². The van der Waals surface area contributed by atoms with Crippen molar-refractivity contribution in [3.63, 3.8) is 0 Å². The number of nitrogens with two attached hydrogens (primary N) is 1. The van der Waals surface area contributed by atoms with Crippen molar-refractivity contribution < 1.29 is 5.11 Å². The van der Waals surface area contributed by atoms with E-state index in [1.165, 1.54) is 5.69 Å². The Balaban J connectivity index is 1.88. The first-order valence-electron chi connectivity index (χ1n) is 7.50. The molecule has 1 aromatic carbocycles. The first kappa shape index (κ1) is 14.1. The number of rotatable bonds is 3. The fraction of sp³-hybridized carbons (Fsp3) is 0.438. The monoisotopic (exact) mass is 286 g/mol. The van der Waals surface area contributed by atoms with Crippen LogP contribution in [0, 0.1) is 0 Å². The van der Waals surface area contributed by atoms with Gasteiger partial charge in [-0.1, -0.05) is 0 Å². The topological polar surface area (TPSA) is 65.6 Å². The second-order valence-electron chi connectivity index (χ2n) is 5.50. The standard InChI is InChI=1S/C16H22N4O/c17-15-2-3-16(14-12-18-5-4-13(14)15)20-7-1-6-19(8-9-20)10-11-21/h2-5,12,21H,1,6-11,17H2. The van der Waals surface area contributed by atoms with Crippen LogP contribution in [0.2, 0.25) is 0 Å². The Morgan fingerprint density at radius 1 is 1.10 bits per heavy atom. The molecule has 0 amide bonds. The van der Waals surface area contributed by atoms with Crippen LogP contribution < -0.4 is 10.6 Å². The molecule has 0 aliphatic carbocycles. The molecule has 0 spiro atoms. The zero-order valence-corrected chi connectivity index (χ0v) is 12.2. The lowest BCUT2D eigenvalue weighted by molar-refractivity contribution is 0.204. The summed E-state index contributed by atoms with van der Waals surface area (Å²) < 4.78 is 0. The van der Waals surface area contributed by atoms with Crippen molar-refractivity contribution in [2.24, 2.45) is 0 Å². The SMILES string of the molecule is Nc1ccc(N2CCCN(CCO)CC2)c2cnccc12. The largest absolute Gasteiger partial charge is 0.398 e. The Bertz CT molecular complexity index is 616. The Morgan fingerprint density at radius 2 is 2.00 bits per heavy atom. The fourth-order valence-corrected chi connectivity index (χ4v) is 3.05. The third kappa shape index (κ3) is 2.94. The third-order valence-corrected chi connectivity index (χ3v) is 4.17. The minimum atomic E-state index is 0.231. The number of aromatic nitrogens is 1. The molecule has 5 heteroatoms. The average molecular weight is 286 g/mol. The van der Waals surface area contributed by atoms with Gasteiger partial charge in [0, 0.05) is 60.7 Å². The second-order valence-corrected chi connectivity index (χ2v) is 5.50. The van der Waals surface area contributed by atoms with E-state index in [4.69, 9.17) is 10.8 Å². The average Bonchev–Trinajstić information content (AvgIpc) is 2.74. The maximum absolute atomic E-state index is 9.09. The van der Waals surface area contributed by atoms with Crippen LogP contribution in [0.5, 0.6) is 0 Å². The number of pyridine rings is 1. The Labute approximate surface area is 125 Å². The highest BCUT2D eigenvalue weighted by atomic mass is 16.3. The Kier molecular flexibility index (Phi) is 4.22. The molecule has 0 unspecified atom stereocenters. The van der Waals surface area contributed by atoms with Gasteiger partial charge in [-0.2, -0.15) is 0 Å². The van der Waals surface area contributed by atoms with Gasteiger partial charge in [0.1, 0.15) is 0 Å². The highest BCUT2D eigenvalue weighted by Gasteiger charge is 2.17. The van der Waals surface area contributed by atoms with Gasteiger partial charge in [0.2, 0.25) is 0 Å². The summed E-state index contributed by atoms with van der Waals surface area (Å²) in [4.78, 5) is 8.97. The molecule has 21 heavy (non-hydrogen) atoms. The van der Waals surface area contributed by atoms with Gasteiger partial charge < -0.3 is 15.7 Å². The lowest BCUT2D eigenvalue weighted by Crippen LogP contribution is -2.32. The van der Waals surface area contributed by atoms with E-state index in [0.29, 0.717) is 0 Å². The molecular formula is C16H22N4O. The van der Waals surface area contributed by atoms with Gasteiger partial charge in [-0.05, 0) is 31.2 Å². The lowest BCUT2D eigenvalue weighted by Gasteiger charge is -2.25. The zero-order chi connectivity index (χ0) is 14.7. The van der Waals surface area contributed by atoms with E-state index in [9.17, 15) is 0 Å². The van der Waals surface area contributed by atoms with Crippen molar-refractivity contribution in [1.29, 1.82) is 0 Å². The molecule has 1 aliphatic heterocycles. The molecule has 112 valence electrons. The summed E-state index contributed by atoms with van der Waals surface area (Å²) in [5.74, 6) is 0. The summed E-state index contributed by atoms with van der Waals surface area (Å²) in [6, 6.07) is 6.05. The van der Waals surface area contributed by atoms with E-state index in [0.717, 1.165) is 55.6 Å². The summed E-state index contributed by atoms with van der Waals surface area (Å²) in [6.07, 6.45) is 4.79. The third-order valence-electron chi connectivity index (χ3n) is 4.17. The number of anilines is 2. The van der Waals surface area contributed by atoms with Crippen molar-refractivity contribution in [2.45, 2.75) is 6.42 Å². The number of nitrogens with zero attached hydrogens (tertiary/aromatic N) is 3. The van der Waals surface area contributed by atoms with Gasteiger partial charge in [0.05, 0.1) is 6.61 Å². The normalized spacial score (nSPS) is 17.1. The smallest absolute Gasteiger partial charge is 0.0558 e. The van der Waals surface area contributed by atoms with Gasteiger partial charge in [-0.3, -0.25) is 9.88 Å². The van der Waals surface area contributed by atoms with Crippen LogP contribution in [0.3, 0.4) is 0 Å². The highest BCUT2D eigenvalue weighted by Crippen LogP contribution is 2.30.